The van der Waals surface area contributed by atoms with Crippen molar-refractivity contribution in [3.63, 3.8) is 0 Å². The molecule has 0 bridgehead atoms. The first-order chi connectivity index (χ1) is 6.25. The fourth-order valence-electron chi connectivity index (χ4n) is 1.53. The number of hydrogen-bond donors (Lipinski definition) is 0. The van der Waals surface area contributed by atoms with E-state index in [1.165, 1.54) is 25.7 Å². The number of amides is 1. The summed E-state index contributed by atoms with van der Waals surface area (Å²) in [4.78, 5) is 13.4. The Hall–Kier alpha value is -0.530. The molecule has 0 aliphatic heterocycles. The molecule has 0 aromatic rings. The second-order valence-electron chi connectivity index (χ2n) is 4.09. The Morgan fingerprint density at radius 2 is 2.00 bits per heavy atom. The average Bonchev–Trinajstić information content (AvgIpc) is 2.94. The fraction of sp³-hybridized carbons (Fsp3) is 0.909. The summed E-state index contributed by atoms with van der Waals surface area (Å²) < 4.78 is 0. The van der Waals surface area contributed by atoms with E-state index < -0.39 is 0 Å². The zero-order chi connectivity index (χ0) is 9.68. The van der Waals surface area contributed by atoms with Crippen molar-refractivity contribution < 1.29 is 4.79 Å². The maximum absolute atomic E-state index is 11.5. The van der Waals surface area contributed by atoms with Crippen molar-refractivity contribution in [2.24, 2.45) is 5.92 Å². The molecular weight excluding hydrogens is 162 g/mol. The average molecular weight is 183 g/mol. The van der Waals surface area contributed by atoms with Crippen LogP contribution in [0.1, 0.15) is 45.4 Å². The first-order valence-corrected chi connectivity index (χ1v) is 5.50. The maximum atomic E-state index is 11.5. The quantitative estimate of drug-likeness (QED) is 0.579. The van der Waals surface area contributed by atoms with Gasteiger partial charge in [0, 0.05) is 19.5 Å². The van der Waals surface area contributed by atoms with Crippen LogP contribution in [0.5, 0.6) is 0 Å². The van der Waals surface area contributed by atoms with Gasteiger partial charge in [-0.3, -0.25) is 4.79 Å². The summed E-state index contributed by atoms with van der Waals surface area (Å²) in [5.41, 5.74) is 0. The van der Waals surface area contributed by atoms with Gasteiger partial charge >= 0.3 is 0 Å². The van der Waals surface area contributed by atoms with Gasteiger partial charge in [-0.2, -0.15) is 0 Å². The molecule has 13 heavy (non-hydrogen) atoms. The van der Waals surface area contributed by atoms with E-state index in [-0.39, 0.29) is 0 Å². The summed E-state index contributed by atoms with van der Waals surface area (Å²) in [7, 11) is 1.94. The normalized spacial score (nSPS) is 15.8. The van der Waals surface area contributed by atoms with Crippen molar-refractivity contribution in [1.82, 2.24) is 4.90 Å². The van der Waals surface area contributed by atoms with Gasteiger partial charge in [-0.05, 0) is 19.3 Å². The van der Waals surface area contributed by atoms with Crippen molar-refractivity contribution in [2.75, 3.05) is 13.6 Å². The minimum atomic E-state index is 0.372. The molecule has 1 amide bonds. The first-order valence-electron chi connectivity index (χ1n) is 5.50. The lowest BCUT2D eigenvalue weighted by Crippen LogP contribution is -2.28. The maximum Gasteiger partial charge on any atom is 0.225 e. The number of carbonyl (C=O) groups is 1. The van der Waals surface area contributed by atoms with Gasteiger partial charge in [0.25, 0.3) is 0 Å². The van der Waals surface area contributed by atoms with Crippen LogP contribution in [0.15, 0.2) is 0 Å². The van der Waals surface area contributed by atoms with Crippen LogP contribution in [-0.2, 0) is 4.79 Å². The third-order valence-electron chi connectivity index (χ3n) is 2.65. The summed E-state index contributed by atoms with van der Waals surface area (Å²) >= 11 is 0. The SMILES string of the molecule is CCCCCCN(C)C(=O)C1CC1. The van der Waals surface area contributed by atoms with E-state index in [1.807, 2.05) is 11.9 Å². The molecule has 0 unspecified atom stereocenters. The van der Waals surface area contributed by atoms with Crippen LogP contribution in [0.2, 0.25) is 0 Å². The summed E-state index contributed by atoms with van der Waals surface area (Å²) in [6.07, 6.45) is 7.24. The van der Waals surface area contributed by atoms with Crippen LogP contribution in [-0.4, -0.2) is 24.4 Å². The molecule has 0 atom stereocenters. The van der Waals surface area contributed by atoms with E-state index >= 15 is 0 Å². The Kier molecular flexibility index (Phi) is 4.26. The van der Waals surface area contributed by atoms with Crippen LogP contribution in [0.25, 0.3) is 0 Å². The molecule has 2 nitrogen and oxygen atoms in total. The molecule has 1 aliphatic rings. The molecule has 0 aromatic carbocycles. The predicted molar refractivity (Wildman–Crippen MR) is 54.5 cm³/mol. The number of rotatable bonds is 6. The van der Waals surface area contributed by atoms with Crippen molar-refractivity contribution in [3.8, 4) is 0 Å². The minimum absolute atomic E-state index is 0.372. The highest BCUT2D eigenvalue weighted by atomic mass is 16.2. The minimum Gasteiger partial charge on any atom is -0.346 e. The Bertz CT molecular complexity index is 163. The predicted octanol–water partition coefficient (Wildman–Crippen LogP) is 2.44. The third kappa shape index (κ3) is 3.79. The van der Waals surface area contributed by atoms with E-state index in [4.69, 9.17) is 0 Å². The lowest BCUT2D eigenvalue weighted by atomic mass is 10.2. The smallest absolute Gasteiger partial charge is 0.225 e. The second-order valence-corrected chi connectivity index (χ2v) is 4.09. The van der Waals surface area contributed by atoms with E-state index in [9.17, 15) is 4.79 Å². The van der Waals surface area contributed by atoms with Crippen molar-refractivity contribution >= 4 is 5.91 Å². The van der Waals surface area contributed by atoms with E-state index in [1.54, 1.807) is 0 Å². The molecule has 0 spiro atoms. The van der Waals surface area contributed by atoms with E-state index in [0.29, 0.717) is 11.8 Å². The Labute approximate surface area is 81.3 Å². The number of hydrogen-bond acceptors (Lipinski definition) is 1. The molecule has 1 saturated carbocycles. The number of unbranched alkanes of at least 4 members (excludes halogenated alkanes) is 3. The molecule has 0 radical (unpaired) electrons. The van der Waals surface area contributed by atoms with Gasteiger partial charge in [0.2, 0.25) is 5.91 Å². The van der Waals surface area contributed by atoms with Gasteiger partial charge < -0.3 is 4.90 Å². The van der Waals surface area contributed by atoms with Crippen LogP contribution in [0.4, 0.5) is 0 Å². The number of carbonyl (C=O) groups excluding carboxylic acids is 1. The first kappa shape index (κ1) is 10.6. The van der Waals surface area contributed by atoms with Crippen LogP contribution in [0.3, 0.4) is 0 Å². The second kappa shape index (κ2) is 5.25. The summed E-state index contributed by atoms with van der Waals surface area (Å²) in [6.45, 7) is 3.16. The van der Waals surface area contributed by atoms with E-state index in [0.717, 1.165) is 19.4 Å². The van der Waals surface area contributed by atoms with E-state index in [2.05, 4.69) is 6.92 Å². The standard InChI is InChI=1S/C11H21NO/c1-3-4-5-6-9-12(2)11(13)10-7-8-10/h10H,3-9H2,1-2H3. The topological polar surface area (TPSA) is 20.3 Å². The molecule has 1 fully saturated rings. The summed E-state index contributed by atoms with van der Waals surface area (Å²) in [5, 5.41) is 0. The Balaban J connectivity index is 2.02. The molecule has 0 saturated heterocycles. The van der Waals surface area contributed by atoms with Gasteiger partial charge in [0.15, 0.2) is 0 Å². The highest BCUT2D eigenvalue weighted by Gasteiger charge is 2.31. The summed E-state index contributed by atoms with van der Waals surface area (Å²) in [5.74, 6) is 0.757. The Morgan fingerprint density at radius 1 is 1.31 bits per heavy atom. The molecule has 2 heteroatoms. The zero-order valence-electron chi connectivity index (χ0n) is 8.88. The number of nitrogens with zero attached hydrogens (tertiary/aromatic N) is 1. The monoisotopic (exact) mass is 183 g/mol. The van der Waals surface area contributed by atoms with Gasteiger partial charge in [0.05, 0.1) is 0 Å². The molecule has 1 rings (SSSR count). The highest BCUT2D eigenvalue weighted by Crippen LogP contribution is 2.30. The molecule has 1 aliphatic carbocycles. The van der Waals surface area contributed by atoms with Crippen LogP contribution >= 0.6 is 0 Å². The zero-order valence-corrected chi connectivity index (χ0v) is 8.88. The fourth-order valence-corrected chi connectivity index (χ4v) is 1.53. The molecule has 0 aromatic heterocycles. The molecule has 76 valence electrons. The van der Waals surface area contributed by atoms with Gasteiger partial charge in [-0.1, -0.05) is 26.2 Å². The third-order valence-corrected chi connectivity index (χ3v) is 2.65. The molecule has 0 heterocycles. The largest absolute Gasteiger partial charge is 0.346 e. The van der Waals surface area contributed by atoms with Gasteiger partial charge in [-0.25, -0.2) is 0 Å². The van der Waals surface area contributed by atoms with Crippen molar-refractivity contribution in [1.29, 1.82) is 0 Å². The molecule has 0 N–H and O–H groups in total. The van der Waals surface area contributed by atoms with Crippen molar-refractivity contribution in [3.05, 3.63) is 0 Å². The van der Waals surface area contributed by atoms with Crippen LogP contribution < -0.4 is 0 Å². The lowest BCUT2D eigenvalue weighted by molar-refractivity contribution is -0.131. The lowest BCUT2D eigenvalue weighted by Gasteiger charge is -2.16. The van der Waals surface area contributed by atoms with Gasteiger partial charge in [0.1, 0.15) is 0 Å². The highest BCUT2D eigenvalue weighted by molar-refractivity contribution is 5.80. The van der Waals surface area contributed by atoms with Gasteiger partial charge in [-0.15, -0.1) is 0 Å². The van der Waals surface area contributed by atoms with Crippen LogP contribution in [0, 0.1) is 5.92 Å². The molecular formula is C11H21NO. The van der Waals surface area contributed by atoms with Crippen molar-refractivity contribution in [2.45, 2.75) is 45.4 Å². The Morgan fingerprint density at radius 3 is 2.54 bits per heavy atom. The summed E-state index contributed by atoms with van der Waals surface area (Å²) in [6, 6.07) is 0.